The number of methoxy groups -OCH3 is 1. The Morgan fingerprint density at radius 3 is 2.63 bits per heavy atom. The summed E-state index contributed by atoms with van der Waals surface area (Å²) in [6.07, 6.45) is -5.43. The van der Waals surface area contributed by atoms with Crippen molar-refractivity contribution in [2.45, 2.75) is 18.7 Å². The highest BCUT2D eigenvalue weighted by Crippen LogP contribution is 2.30. The smallest absolute Gasteiger partial charge is 0.506 e. The minimum absolute atomic E-state index is 0.0326. The lowest BCUT2D eigenvalue weighted by molar-refractivity contribution is -0.276. The number of carbonyl (C=O) groups excluding carboxylic acids is 1. The van der Waals surface area contributed by atoms with Crippen molar-refractivity contribution in [2.75, 3.05) is 7.11 Å². The van der Waals surface area contributed by atoms with Crippen molar-refractivity contribution in [3.63, 3.8) is 0 Å². The van der Waals surface area contributed by atoms with Crippen LogP contribution in [0.1, 0.15) is 11.3 Å². The maximum atomic E-state index is 12.1. The first-order valence-corrected chi connectivity index (χ1v) is 5.40. The largest absolute Gasteiger partial charge is 0.574 e. The Kier molecular flexibility index (Phi) is 4.82. The van der Waals surface area contributed by atoms with Gasteiger partial charge in [0, 0.05) is 11.6 Å². The van der Waals surface area contributed by atoms with Crippen LogP contribution in [0.15, 0.2) is 6.07 Å². The molecule has 0 aromatic carbocycles. The number of halogens is 4. The Bertz CT molecular complexity index is 479. The lowest BCUT2D eigenvalue weighted by atomic mass is 10.2. The number of esters is 1. The molecule has 1 rings (SSSR count). The van der Waals surface area contributed by atoms with E-state index in [9.17, 15) is 23.1 Å². The summed E-state index contributed by atoms with van der Waals surface area (Å²) in [5, 5.41) is 9.66. The molecule has 0 spiro atoms. The predicted octanol–water partition coefficient (Wildman–Crippen LogP) is 2.14. The van der Waals surface area contributed by atoms with E-state index in [-0.39, 0.29) is 17.1 Å². The van der Waals surface area contributed by atoms with Crippen molar-refractivity contribution >= 4 is 17.6 Å². The van der Waals surface area contributed by atoms with Crippen LogP contribution in [-0.4, -0.2) is 29.5 Å². The van der Waals surface area contributed by atoms with Gasteiger partial charge in [0.25, 0.3) is 0 Å². The molecule has 1 aromatic heterocycles. The number of aromatic nitrogens is 1. The van der Waals surface area contributed by atoms with Gasteiger partial charge in [-0.25, -0.2) is 4.98 Å². The second-order valence-corrected chi connectivity index (χ2v) is 3.62. The molecule has 0 aliphatic heterocycles. The van der Waals surface area contributed by atoms with E-state index in [4.69, 9.17) is 11.6 Å². The maximum absolute atomic E-state index is 12.1. The van der Waals surface area contributed by atoms with Crippen molar-refractivity contribution in [1.29, 1.82) is 0 Å². The van der Waals surface area contributed by atoms with Crippen LogP contribution in [0.3, 0.4) is 0 Å². The second-order valence-electron chi connectivity index (χ2n) is 3.35. The van der Waals surface area contributed by atoms with E-state index in [0.717, 1.165) is 13.2 Å². The highest BCUT2D eigenvalue weighted by Gasteiger charge is 2.32. The Morgan fingerprint density at radius 2 is 2.16 bits per heavy atom. The first-order chi connectivity index (χ1) is 8.76. The monoisotopic (exact) mass is 299 g/mol. The Hall–Kier alpha value is -1.70. The fraction of sp³-hybridized carbons (Fsp3) is 0.400. The fourth-order valence-corrected chi connectivity index (χ4v) is 1.43. The van der Waals surface area contributed by atoms with E-state index in [1.165, 1.54) is 0 Å². The number of hydrogen-bond donors (Lipinski definition) is 1. The fourth-order valence-electron chi connectivity index (χ4n) is 1.23. The first-order valence-electron chi connectivity index (χ1n) is 4.87. The summed E-state index contributed by atoms with van der Waals surface area (Å²) in [5.41, 5.74) is -0.334. The molecule has 106 valence electrons. The average Bonchev–Trinajstić information content (AvgIpc) is 2.30. The Balaban J connectivity index is 3.14. The normalized spacial score (nSPS) is 11.2. The van der Waals surface area contributed by atoms with Gasteiger partial charge in [-0.3, -0.25) is 4.79 Å². The number of nitrogens with zero attached hydrogens (tertiary/aromatic N) is 1. The zero-order valence-corrected chi connectivity index (χ0v) is 10.4. The van der Waals surface area contributed by atoms with Crippen molar-refractivity contribution < 1.29 is 32.5 Å². The highest BCUT2D eigenvalue weighted by molar-refractivity contribution is 6.17. The number of pyridine rings is 1. The van der Waals surface area contributed by atoms with E-state index in [0.29, 0.717) is 0 Å². The molecular formula is C10H9ClF3NO4. The molecule has 0 atom stereocenters. The van der Waals surface area contributed by atoms with E-state index < -0.39 is 30.4 Å². The van der Waals surface area contributed by atoms with E-state index >= 15 is 0 Å². The van der Waals surface area contributed by atoms with Gasteiger partial charge in [0.05, 0.1) is 25.1 Å². The third kappa shape index (κ3) is 4.47. The predicted molar refractivity (Wildman–Crippen MR) is 57.9 cm³/mol. The molecule has 0 aliphatic rings. The van der Waals surface area contributed by atoms with Crippen LogP contribution in [0, 0.1) is 0 Å². The van der Waals surface area contributed by atoms with Gasteiger partial charge in [-0.05, 0) is 0 Å². The quantitative estimate of drug-likeness (QED) is 0.681. The number of aromatic hydroxyl groups is 1. The van der Waals surface area contributed by atoms with E-state index in [2.05, 4.69) is 14.5 Å². The van der Waals surface area contributed by atoms with Crippen molar-refractivity contribution in [2.24, 2.45) is 0 Å². The summed E-state index contributed by atoms with van der Waals surface area (Å²) in [4.78, 5) is 14.5. The molecule has 0 amide bonds. The maximum Gasteiger partial charge on any atom is 0.574 e. The molecule has 9 heteroatoms. The molecule has 0 aliphatic carbocycles. The van der Waals surface area contributed by atoms with E-state index in [1.807, 2.05) is 0 Å². The van der Waals surface area contributed by atoms with Gasteiger partial charge in [-0.1, -0.05) is 0 Å². The molecule has 5 nitrogen and oxygen atoms in total. The van der Waals surface area contributed by atoms with Crippen LogP contribution in [0.2, 0.25) is 0 Å². The van der Waals surface area contributed by atoms with Crippen molar-refractivity contribution in [1.82, 2.24) is 4.98 Å². The van der Waals surface area contributed by atoms with Crippen LogP contribution in [0.25, 0.3) is 0 Å². The van der Waals surface area contributed by atoms with Gasteiger partial charge in [-0.2, -0.15) is 0 Å². The summed E-state index contributed by atoms with van der Waals surface area (Å²) >= 11 is 5.48. The van der Waals surface area contributed by atoms with Gasteiger partial charge in [0.2, 0.25) is 5.88 Å². The van der Waals surface area contributed by atoms with Crippen LogP contribution in [-0.2, 0) is 21.8 Å². The number of ether oxygens (including phenoxy) is 2. The molecular weight excluding hydrogens is 291 g/mol. The van der Waals surface area contributed by atoms with Gasteiger partial charge < -0.3 is 14.6 Å². The minimum Gasteiger partial charge on any atom is -0.506 e. The summed E-state index contributed by atoms with van der Waals surface area (Å²) in [7, 11) is 1.10. The molecule has 0 fully saturated rings. The van der Waals surface area contributed by atoms with Crippen LogP contribution in [0.4, 0.5) is 13.2 Å². The van der Waals surface area contributed by atoms with E-state index in [1.54, 1.807) is 0 Å². The molecule has 1 aromatic rings. The average molecular weight is 300 g/mol. The number of carbonyl (C=O) groups is 1. The standard InChI is InChI=1S/C10H9ClF3NO4/c1-18-8(16)3-6-9(17)5(4-11)2-7(15-6)19-10(12,13)14/h2,17H,3-4H2,1H3. The second kappa shape index (κ2) is 5.96. The number of hydrogen-bond acceptors (Lipinski definition) is 5. The van der Waals surface area contributed by atoms with Gasteiger partial charge >= 0.3 is 12.3 Å². The first kappa shape index (κ1) is 15.4. The van der Waals surface area contributed by atoms with Crippen LogP contribution < -0.4 is 4.74 Å². The van der Waals surface area contributed by atoms with Crippen molar-refractivity contribution in [3.05, 3.63) is 17.3 Å². The zero-order valence-electron chi connectivity index (χ0n) is 9.62. The topological polar surface area (TPSA) is 68.7 Å². The number of alkyl halides is 4. The van der Waals surface area contributed by atoms with Crippen LogP contribution >= 0.6 is 11.6 Å². The molecule has 0 saturated carbocycles. The Morgan fingerprint density at radius 1 is 1.53 bits per heavy atom. The molecule has 19 heavy (non-hydrogen) atoms. The summed E-state index contributed by atoms with van der Waals surface area (Å²) in [6, 6.07) is 0.844. The third-order valence-corrected chi connectivity index (χ3v) is 2.31. The van der Waals surface area contributed by atoms with Crippen LogP contribution in [0.5, 0.6) is 11.6 Å². The number of rotatable bonds is 4. The molecule has 1 N–H and O–H groups in total. The summed E-state index contributed by atoms with van der Waals surface area (Å²) in [5.74, 6) is -2.31. The lowest BCUT2D eigenvalue weighted by Gasteiger charge is -2.12. The third-order valence-electron chi connectivity index (χ3n) is 2.02. The van der Waals surface area contributed by atoms with Crippen molar-refractivity contribution in [3.8, 4) is 11.6 Å². The molecule has 0 unspecified atom stereocenters. The molecule has 1 heterocycles. The van der Waals surface area contributed by atoms with Gasteiger partial charge in [-0.15, -0.1) is 24.8 Å². The summed E-state index contributed by atoms with van der Waals surface area (Å²) in [6.45, 7) is 0. The molecule has 0 radical (unpaired) electrons. The highest BCUT2D eigenvalue weighted by atomic mass is 35.5. The zero-order chi connectivity index (χ0) is 14.6. The SMILES string of the molecule is COC(=O)Cc1nc(OC(F)(F)F)cc(CCl)c1O. The van der Waals surface area contributed by atoms with Gasteiger partial charge in [0.15, 0.2) is 0 Å². The summed E-state index contributed by atoms with van der Waals surface area (Å²) < 4.78 is 44.2. The molecule has 0 saturated heterocycles. The van der Waals surface area contributed by atoms with Gasteiger partial charge in [0.1, 0.15) is 5.75 Å². The minimum atomic E-state index is -4.93. The Labute approximate surface area is 110 Å². The lowest BCUT2D eigenvalue weighted by Crippen LogP contribution is -2.19. The molecule has 0 bridgehead atoms.